The summed E-state index contributed by atoms with van der Waals surface area (Å²) in [4.78, 5) is 0. The summed E-state index contributed by atoms with van der Waals surface area (Å²) in [6.45, 7) is 9.00. The van der Waals surface area contributed by atoms with E-state index in [1.807, 2.05) is 23.7 Å². The predicted molar refractivity (Wildman–Crippen MR) is 76.6 cm³/mol. The van der Waals surface area contributed by atoms with Crippen molar-refractivity contribution < 1.29 is 4.42 Å². The van der Waals surface area contributed by atoms with E-state index in [2.05, 4.69) is 31.2 Å². The zero-order valence-corrected chi connectivity index (χ0v) is 12.5. The Kier molecular flexibility index (Phi) is 4.32. The standard InChI is InChI=1S/C14H20ClN3O/c1-5-16-13(12-7-6-10(4)19-12)14-11(15)8-17-18(14)9(2)3/h6-9,13,16H,5H2,1-4H3. The van der Waals surface area contributed by atoms with E-state index in [0.29, 0.717) is 5.02 Å². The van der Waals surface area contributed by atoms with Crippen LogP contribution in [0.1, 0.15) is 50.1 Å². The quantitative estimate of drug-likeness (QED) is 0.908. The van der Waals surface area contributed by atoms with Gasteiger partial charge in [0.2, 0.25) is 0 Å². The van der Waals surface area contributed by atoms with Gasteiger partial charge in [-0.25, -0.2) is 0 Å². The number of furan rings is 1. The molecule has 0 bridgehead atoms. The normalized spacial score (nSPS) is 13.2. The van der Waals surface area contributed by atoms with Gasteiger partial charge in [0.05, 0.1) is 16.9 Å². The Morgan fingerprint density at radius 3 is 2.68 bits per heavy atom. The maximum Gasteiger partial charge on any atom is 0.127 e. The van der Waals surface area contributed by atoms with Gasteiger partial charge in [0.15, 0.2) is 0 Å². The highest BCUT2D eigenvalue weighted by molar-refractivity contribution is 6.31. The van der Waals surface area contributed by atoms with Crippen LogP contribution in [0.5, 0.6) is 0 Å². The third-order valence-corrected chi connectivity index (χ3v) is 3.29. The molecule has 2 aromatic heterocycles. The smallest absolute Gasteiger partial charge is 0.127 e. The fraction of sp³-hybridized carbons (Fsp3) is 0.500. The van der Waals surface area contributed by atoms with E-state index in [1.165, 1.54) is 0 Å². The van der Waals surface area contributed by atoms with Gasteiger partial charge in [0.25, 0.3) is 0 Å². The Hall–Kier alpha value is -1.26. The van der Waals surface area contributed by atoms with E-state index >= 15 is 0 Å². The molecule has 2 rings (SSSR count). The molecule has 4 nitrogen and oxygen atoms in total. The Balaban J connectivity index is 2.47. The molecule has 0 radical (unpaired) electrons. The van der Waals surface area contributed by atoms with E-state index in [1.54, 1.807) is 6.20 Å². The van der Waals surface area contributed by atoms with Crippen LogP contribution in [-0.2, 0) is 0 Å². The highest BCUT2D eigenvalue weighted by Crippen LogP contribution is 2.31. The SMILES string of the molecule is CCNC(c1ccc(C)o1)c1c(Cl)cnn1C(C)C. The van der Waals surface area contributed by atoms with Crippen molar-refractivity contribution in [3.63, 3.8) is 0 Å². The van der Waals surface area contributed by atoms with Gasteiger partial charge in [-0.2, -0.15) is 5.10 Å². The summed E-state index contributed by atoms with van der Waals surface area (Å²) in [5.41, 5.74) is 0.952. The minimum atomic E-state index is -0.0731. The van der Waals surface area contributed by atoms with Crippen molar-refractivity contribution in [3.05, 3.63) is 40.6 Å². The van der Waals surface area contributed by atoms with E-state index in [-0.39, 0.29) is 12.1 Å². The number of aromatic nitrogens is 2. The molecule has 0 amide bonds. The van der Waals surface area contributed by atoms with Gasteiger partial charge in [-0.05, 0) is 39.4 Å². The fourth-order valence-corrected chi connectivity index (χ4v) is 2.42. The minimum Gasteiger partial charge on any atom is -0.464 e. The lowest BCUT2D eigenvalue weighted by molar-refractivity contribution is 0.406. The third kappa shape index (κ3) is 2.85. The monoisotopic (exact) mass is 281 g/mol. The van der Waals surface area contributed by atoms with Gasteiger partial charge in [-0.1, -0.05) is 18.5 Å². The number of nitrogens with one attached hydrogen (secondary N) is 1. The van der Waals surface area contributed by atoms with E-state index in [4.69, 9.17) is 16.0 Å². The molecule has 0 aliphatic carbocycles. The first-order valence-corrected chi connectivity index (χ1v) is 6.95. The summed E-state index contributed by atoms with van der Waals surface area (Å²) in [5, 5.41) is 8.43. The molecule has 1 N–H and O–H groups in total. The van der Waals surface area contributed by atoms with Crippen LogP contribution in [0.4, 0.5) is 0 Å². The lowest BCUT2D eigenvalue weighted by Gasteiger charge is -2.20. The zero-order chi connectivity index (χ0) is 14.0. The van der Waals surface area contributed by atoms with E-state index < -0.39 is 0 Å². The van der Waals surface area contributed by atoms with Crippen LogP contribution in [0.3, 0.4) is 0 Å². The number of rotatable bonds is 5. The first-order chi connectivity index (χ1) is 9.04. The molecule has 1 atom stereocenters. The number of hydrogen-bond donors (Lipinski definition) is 1. The molecule has 0 spiro atoms. The van der Waals surface area contributed by atoms with Crippen molar-refractivity contribution in [2.45, 2.75) is 39.8 Å². The van der Waals surface area contributed by atoms with E-state index in [0.717, 1.165) is 23.8 Å². The third-order valence-electron chi connectivity index (χ3n) is 3.00. The Bertz CT molecular complexity index is 545. The molecule has 0 aliphatic rings. The van der Waals surface area contributed by atoms with Gasteiger partial charge in [-0.3, -0.25) is 4.68 Å². The number of aryl methyl sites for hydroxylation is 1. The summed E-state index contributed by atoms with van der Waals surface area (Å²) < 4.78 is 7.69. The molecule has 5 heteroatoms. The van der Waals surface area contributed by atoms with Crippen LogP contribution < -0.4 is 5.32 Å². The molecule has 104 valence electrons. The maximum absolute atomic E-state index is 6.31. The highest BCUT2D eigenvalue weighted by atomic mass is 35.5. The van der Waals surface area contributed by atoms with Crippen molar-refractivity contribution in [2.75, 3.05) is 6.54 Å². The Morgan fingerprint density at radius 1 is 1.42 bits per heavy atom. The molecular formula is C14H20ClN3O. The molecule has 2 heterocycles. The topological polar surface area (TPSA) is 43.0 Å². The summed E-state index contributed by atoms with van der Waals surface area (Å²) in [5.74, 6) is 1.76. The average Bonchev–Trinajstić information content (AvgIpc) is 2.93. The van der Waals surface area contributed by atoms with Gasteiger partial charge >= 0.3 is 0 Å². The van der Waals surface area contributed by atoms with Gasteiger partial charge in [0, 0.05) is 6.04 Å². The lowest BCUT2D eigenvalue weighted by atomic mass is 10.1. The molecular weight excluding hydrogens is 262 g/mol. The summed E-state index contributed by atoms with van der Waals surface area (Å²) in [6, 6.07) is 4.12. The first-order valence-electron chi connectivity index (χ1n) is 6.57. The number of hydrogen-bond acceptors (Lipinski definition) is 3. The lowest BCUT2D eigenvalue weighted by Crippen LogP contribution is -2.25. The van der Waals surface area contributed by atoms with E-state index in [9.17, 15) is 0 Å². The summed E-state index contributed by atoms with van der Waals surface area (Å²) in [6.07, 6.45) is 1.69. The van der Waals surface area contributed by atoms with Crippen LogP contribution >= 0.6 is 11.6 Å². The van der Waals surface area contributed by atoms with Crippen LogP contribution in [0.15, 0.2) is 22.7 Å². The van der Waals surface area contributed by atoms with Gasteiger partial charge in [0.1, 0.15) is 17.6 Å². The first kappa shape index (κ1) is 14.2. The molecule has 0 aromatic carbocycles. The summed E-state index contributed by atoms with van der Waals surface area (Å²) in [7, 11) is 0. The Morgan fingerprint density at radius 2 is 2.16 bits per heavy atom. The molecule has 0 aliphatic heterocycles. The second kappa shape index (κ2) is 5.80. The molecule has 0 saturated carbocycles. The fourth-order valence-electron chi connectivity index (χ4n) is 2.18. The van der Waals surface area contributed by atoms with Crippen LogP contribution in [0, 0.1) is 6.92 Å². The van der Waals surface area contributed by atoms with Crippen molar-refractivity contribution >= 4 is 11.6 Å². The second-order valence-corrected chi connectivity index (χ2v) is 5.26. The van der Waals surface area contributed by atoms with Crippen LogP contribution in [-0.4, -0.2) is 16.3 Å². The van der Waals surface area contributed by atoms with Gasteiger partial charge < -0.3 is 9.73 Å². The average molecular weight is 282 g/mol. The molecule has 19 heavy (non-hydrogen) atoms. The highest BCUT2D eigenvalue weighted by Gasteiger charge is 2.25. The predicted octanol–water partition coefficient (Wildman–Crippen LogP) is 3.72. The van der Waals surface area contributed by atoms with Crippen LogP contribution in [0.25, 0.3) is 0 Å². The van der Waals surface area contributed by atoms with Crippen molar-refractivity contribution in [1.82, 2.24) is 15.1 Å². The summed E-state index contributed by atoms with van der Waals surface area (Å²) >= 11 is 6.31. The molecule has 0 fully saturated rings. The Labute approximate surface area is 118 Å². The van der Waals surface area contributed by atoms with Crippen molar-refractivity contribution in [3.8, 4) is 0 Å². The largest absolute Gasteiger partial charge is 0.464 e. The van der Waals surface area contributed by atoms with Gasteiger partial charge in [-0.15, -0.1) is 0 Å². The van der Waals surface area contributed by atoms with Crippen LogP contribution in [0.2, 0.25) is 5.02 Å². The number of halogens is 1. The molecule has 2 aromatic rings. The molecule has 1 unspecified atom stereocenters. The second-order valence-electron chi connectivity index (χ2n) is 4.86. The molecule has 0 saturated heterocycles. The zero-order valence-electron chi connectivity index (χ0n) is 11.8. The van der Waals surface area contributed by atoms with Crippen molar-refractivity contribution in [1.29, 1.82) is 0 Å². The number of nitrogens with zero attached hydrogens (tertiary/aromatic N) is 2. The van der Waals surface area contributed by atoms with Crippen molar-refractivity contribution in [2.24, 2.45) is 0 Å². The maximum atomic E-state index is 6.31. The minimum absolute atomic E-state index is 0.0731.